The highest BCUT2D eigenvalue weighted by molar-refractivity contribution is 5.99. The van der Waals surface area contributed by atoms with Gasteiger partial charge in [0.1, 0.15) is 17.3 Å². The molecule has 4 aromatic carbocycles. The number of likely N-dealkylation sites (tertiary alicyclic amines) is 1. The van der Waals surface area contributed by atoms with Gasteiger partial charge >= 0.3 is 6.09 Å². The van der Waals surface area contributed by atoms with E-state index in [-0.39, 0.29) is 0 Å². The van der Waals surface area contributed by atoms with Crippen molar-refractivity contribution in [2.45, 2.75) is 39.5 Å². The second kappa shape index (κ2) is 14.2. The van der Waals surface area contributed by atoms with Gasteiger partial charge in [0.2, 0.25) is 5.95 Å². The minimum Gasteiger partial charge on any atom is -0.493 e. The van der Waals surface area contributed by atoms with Crippen LogP contribution in [0.4, 0.5) is 27.9 Å². The van der Waals surface area contributed by atoms with Crippen LogP contribution in [-0.4, -0.2) is 47.2 Å². The first-order valence-corrected chi connectivity index (χ1v) is 15.7. The zero-order valence-electron chi connectivity index (χ0n) is 25.9. The number of rotatable bonds is 10. The van der Waals surface area contributed by atoms with Crippen LogP contribution in [0.25, 0.3) is 10.8 Å². The number of benzene rings is 4. The Labute approximate surface area is 264 Å². The number of hydrogen-bond acceptors (Lipinski definition) is 7. The van der Waals surface area contributed by atoms with Gasteiger partial charge in [-0.05, 0) is 92.4 Å². The Balaban J connectivity index is 1.21. The topological polar surface area (TPSA) is 79.8 Å². The fourth-order valence-corrected chi connectivity index (χ4v) is 5.73. The Bertz CT molecular complexity index is 1750. The average Bonchev–Trinajstić information content (AvgIpc) is 3.06. The number of nitrogens with one attached hydrogen (secondary N) is 1. The SMILES string of the molecule is Cc1cccc(C)c1OC(=O)N(c1ccc2ccccc2c1)c1ccnc(Nc2cccc(OCCCN3CCCCC3)c2)n1. The van der Waals surface area contributed by atoms with Crippen molar-refractivity contribution in [1.82, 2.24) is 14.9 Å². The summed E-state index contributed by atoms with van der Waals surface area (Å²) in [5, 5.41) is 5.35. The minimum absolute atomic E-state index is 0.348. The van der Waals surface area contributed by atoms with Crippen LogP contribution < -0.4 is 19.7 Å². The Morgan fingerprint density at radius 1 is 0.867 bits per heavy atom. The third-order valence-electron chi connectivity index (χ3n) is 8.07. The molecule has 0 atom stereocenters. The van der Waals surface area contributed by atoms with Crippen LogP contribution >= 0.6 is 0 Å². The first-order valence-electron chi connectivity index (χ1n) is 15.7. The van der Waals surface area contributed by atoms with E-state index in [1.165, 1.54) is 37.3 Å². The molecule has 2 heterocycles. The molecule has 8 nitrogen and oxygen atoms in total. The number of amides is 1. The lowest BCUT2D eigenvalue weighted by Crippen LogP contribution is -2.31. The van der Waals surface area contributed by atoms with Gasteiger partial charge in [0.15, 0.2) is 0 Å². The van der Waals surface area contributed by atoms with Crippen LogP contribution in [0.3, 0.4) is 0 Å². The molecule has 0 radical (unpaired) electrons. The number of para-hydroxylation sites is 1. The maximum absolute atomic E-state index is 13.9. The van der Waals surface area contributed by atoms with Gasteiger partial charge < -0.3 is 19.7 Å². The number of carbonyl (C=O) groups is 1. The van der Waals surface area contributed by atoms with E-state index in [1.54, 1.807) is 12.3 Å². The van der Waals surface area contributed by atoms with Gasteiger partial charge in [-0.3, -0.25) is 0 Å². The lowest BCUT2D eigenvalue weighted by Gasteiger charge is -2.26. The van der Waals surface area contributed by atoms with E-state index in [9.17, 15) is 4.79 Å². The van der Waals surface area contributed by atoms with Gasteiger partial charge in [-0.1, -0.05) is 61.0 Å². The van der Waals surface area contributed by atoms with Gasteiger partial charge in [0, 0.05) is 30.6 Å². The van der Waals surface area contributed by atoms with Crippen LogP contribution in [0.5, 0.6) is 11.5 Å². The number of carbonyl (C=O) groups excluding carboxylic acids is 1. The first-order chi connectivity index (χ1) is 22.0. The second-order valence-corrected chi connectivity index (χ2v) is 11.5. The van der Waals surface area contributed by atoms with Gasteiger partial charge in [-0.15, -0.1) is 0 Å². The smallest absolute Gasteiger partial charge is 0.425 e. The molecule has 230 valence electrons. The Kier molecular flexibility index (Phi) is 9.51. The van der Waals surface area contributed by atoms with Crippen LogP contribution in [0.1, 0.15) is 36.8 Å². The van der Waals surface area contributed by atoms with Crippen LogP contribution in [-0.2, 0) is 0 Å². The number of anilines is 4. The summed E-state index contributed by atoms with van der Waals surface area (Å²) in [6, 6.07) is 29.1. The lowest BCUT2D eigenvalue weighted by molar-refractivity contribution is 0.205. The highest BCUT2D eigenvalue weighted by atomic mass is 16.6. The molecule has 1 aliphatic heterocycles. The Hall–Kier alpha value is -4.95. The maximum atomic E-state index is 13.9. The molecule has 8 heteroatoms. The van der Waals surface area contributed by atoms with Gasteiger partial charge in [0.05, 0.1) is 12.3 Å². The molecule has 6 rings (SSSR count). The molecule has 5 aromatic rings. The molecular formula is C37H39N5O3. The largest absolute Gasteiger partial charge is 0.493 e. The Morgan fingerprint density at radius 3 is 2.47 bits per heavy atom. The summed E-state index contributed by atoms with van der Waals surface area (Å²) in [7, 11) is 0. The summed E-state index contributed by atoms with van der Waals surface area (Å²) in [4.78, 5) is 27.1. The molecule has 0 spiro atoms. The first kappa shape index (κ1) is 30.1. The number of piperidine rings is 1. The molecule has 0 bridgehead atoms. The third kappa shape index (κ3) is 7.59. The summed E-state index contributed by atoms with van der Waals surface area (Å²) < 4.78 is 12.1. The van der Waals surface area contributed by atoms with E-state index in [4.69, 9.17) is 14.5 Å². The van der Waals surface area contributed by atoms with Crippen molar-refractivity contribution in [2.75, 3.05) is 36.5 Å². The highest BCUT2D eigenvalue weighted by Gasteiger charge is 2.24. The van der Waals surface area contributed by atoms with Crippen molar-refractivity contribution in [2.24, 2.45) is 0 Å². The minimum atomic E-state index is -0.563. The fraction of sp³-hybridized carbons (Fsp3) is 0.270. The predicted octanol–water partition coefficient (Wildman–Crippen LogP) is 8.58. The molecule has 1 aromatic heterocycles. The van der Waals surface area contributed by atoms with E-state index >= 15 is 0 Å². The van der Waals surface area contributed by atoms with E-state index < -0.39 is 6.09 Å². The molecule has 1 saturated heterocycles. The van der Waals surface area contributed by atoms with Crippen LogP contribution in [0.2, 0.25) is 0 Å². The summed E-state index contributed by atoms with van der Waals surface area (Å²) in [5.74, 6) is 2.04. The zero-order valence-corrected chi connectivity index (χ0v) is 25.9. The normalized spacial score (nSPS) is 13.4. The van der Waals surface area contributed by atoms with Crippen molar-refractivity contribution >= 4 is 40.0 Å². The quantitative estimate of drug-likeness (QED) is 0.161. The highest BCUT2D eigenvalue weighted by Crippen LogP contribution is 2.31. The number of ether oxygens (including phenoxy) is 2. The fourth-order valence-electron chi connectivity index (χ4n) is 5.73. The number of aromatic nitrogens is 2. The summed E-state index contributed by atoms with van der Waals surface area (Å²) >= 11 is 0. The average molecular weight is 602 g/mol. The number of fused-ring (bicyclic) bond motifs is 1. The lowest BCUT2D eigenvalue weighted by atomic mass is 10.1. The summed E-state index contributed by atoms with van der Waals surface area (Å²) in [6.07, 6.45) is 6.00. The summed E-state index contributed by atoms with van der Waals surface area (Å²) in [5.41, 5.74) is 3.17. The second-order valence-electron chi connectivity index (χ2n) is 11.5. The van der Waals surface area contributed by atoms with Crippen LogP contribution in [0.15, 0.2) is 97.2 Å². The molecule has 0 aliphatic carbocycles. The summed E-state index contributed by atoms with van der Waals surface area (Å²) in [6.45, 7) is 7.97. The van der Waals surface area contributed by atoms with Crippen molar-refractivity contribution in [3.8, 4) is 11.5 Å². The number of nitrogens with zero attached hydrogens (tertiary/aromatic N) is 4. The predicted molar refractivity (Wildman–Crippen MR) is 180 cm³/mol. The zero-order chi connectivity index (χ0) is 31.0. The van der Waals surface area contributed by atoms with Crippen LogP contribution in [0, 0.1) is 13.8 Å². The van der Waals surface area contributed by atoms with Crippen molar-refractivity contribution in [3.63, 3.8) is 0 Å². The molecule has 1 aliphatic rings. The Morgan fingerprint density at radius 2 is 1.64 bits per heavy atom. The monoisotopic (exact) mass is 601 g/mol. The van der Waals surface area contributed by atoms with Gasteiger partial charge in [-0.25, -0.2) is 14.7 Å². The van der Waals surface area contributed by atoms with Crippen molar-refractivity contribution in [3.05, 3.63) is 108 Å². The van der Waals surface area contributed by atoms with E-state index in [2.05, 4.69) is 15.2 Å². The molecule has 45 heavy (non-hydrogen) atoms. The standard InChI is InChI=1S/C37H39N5O3/c1-27-11-8-12-28(2)35(27)45-37(43)42(32-18-17-29-13-4-5-14-30(29)25-32)34-19-20-38-36(40-34)39-31-15-9-16-33(26-31)44-24-10-23-41-21-6-3-7-22-41/h4-5,8-9,11-20,25-26H,3,6-7,10,21-24H2,1-2H3,(H,38,39,40). The molecule has 1 amide bonds. The molecule has 1 N–H and O–H groups in total. The van der Waals surface area contributed by atoms with E-state index in [1.807, 2.05) is 98.8 Å². The number of aryl methyl sites for hydroxylation is 2. The molecule has 0 saturated carbocycles. The molecule has 1 fully saturated rings. The van der Waals surface area contributed by atoms with Gasteiger partial charge in [-0.2, -0.15) is 4.98 Å². The van der Waals surface area contributed by atoms with Gasteiger partial charge in [0.25, 0.3) is 0 Å². The molecular weight excluding hydrogens is 562 g/mol. The number of hydrogen-bond donors (Lipinski definition) is 1. The van der Waals surface area contributed by atoms with Crippen molar-refractivity contribution < 1.29 is 14.3 Å². The van der Waals surface area contributed by atoms with E-state index in [0.717, 1.165) is 46.3 Å². The van der Waals surface area contributed by atoms with Crippen molar-refractivity contribution in [1.29, 1.82) is 0 Å². The molecule has 0 unspecified atom stereocenters. The van der Waals surface area contributed by atoms with E-state index in [0.29, 0.717) is 29.8 Å². The maximum Gasteiger partial charge on any atom is 0.425 e. The third-order valence-corrected chi connectivity index (χ3v) is 8.07.